The maximum atomic E-state index is 12.1. The third-order valence-electron chi connectivity index (χ3n) is 3.72. The zero-order valence-corrected chi connectivity index (χ0v) is 16.4. The standard InChI is InChI=1S/C22H27N3O3/c1-4-5-21(26)24-18-6-8-19(9-7-18)25-22(27)14-23-17-10-12-20(13-11-17)28-15-16(2)3/h6-13,23H,2,4-5,14-15H2,1,3H3,(H,24,26)(H,25,27). The van der Waals surface area contributed by atoms with Crippen molar-refractivity contribution in [2.45, 2.75) is 26.7 Å². The summed E-state index contributed by atoms with van der Waals surface area (Å²) in [5.74, 6) is 0.578. The van der Waals surface area contributed by atoms with Gasteiger partial charge in [-0.15, -0.1) is 0 Å². The molecule has 0 aromatic heterocycles. The molecular formula is C22H27N3O3. The number of rotatable bonds is 10. The Kier molecular flexibility index (Phi) is 8.09. The minimum Gasteiger partial charge on any atom is -0.489 e. The molecule has 0 radical (unpaired) electrons. The highest BCUT2D eigenvalue weighted by molar-refractivity contribution is 5.94. The molecule has 0 spiro atoms. The molecule has 0 unspecified atom stereocenters. The monoisotopic (exact) mass is 381 g/mol. The van der Waals surface area contributed by atoms with E-state index in [-0.39, 0.29) is 18.4 Å². The number of hydrogen-bond donors (Lipinski definition) is 3. The molecule has 0 bridgehead atoms. The van der Waals surface area contributed by atoms with Crippen LogP contribution in [0.1, 0.15) is 26.7 Å². The van der Waals surface area contributed by atoms with E-state index >= 15 is 0 Å². The normalized spacial score (nSPS) is 10.1. The van der Waals surface area contributed by atoms with Crippen molar-refractivity contribution < 1.29 is 14.3 Å². The molecule has 0 aliphatic rings. The van der Waals surface area contributed by atoms with Crippen LogP contribution in [0.4, 0.5) is 17.1 Å². The smallest absolute Gasteiger partial charge is 0.243 e. The fourth-order valence-electron chi connectivity index (χ4n) is 2.35. The van der Waals surface area contributed by atoms with Gasteiger partial charge in [-0.25, -0.2) is 0 Å². The van der Waals surface area contributed by atoms with Crippen molar-refractivity contribution in [3.63, 3.8) is 0 Å². The maximum Gasteiger partial charge on any atom is 0.243 e. The molecule has 0 aliphatic heterocycles. The lowest BCUT2D eigenvalue weighted by atomic mass is 10.2. The van der Waals surface area contributed by atoms with Crippen LogP contribution in [0, 0.1) is 0 Å². The van der Waals surface area contributed by atoms with Crippen LogP contribution in [0.2, 0.25) is 0 Å². The van der Waals surface area contributed by atoms with Gasteiger partial charge in [-0.05, 0) is 67.4 Å². The zero-order chi connectivity index (χ0) is 20.4. The molecule has 148 valence electrons. The first-order valence-corrected chi connectivity index (χ1v) is 9.27. The van der Waals surface area contributed by atoms with Gasteiger partial charge >= 0.3 is 0 Å². The second-order valence-corrected chi connectivity index (χ2v) is 6.55. The molecule has 3 N–H and O–H groups in total. The first kappa shape index (κ1) is 21.0. The van der Waals surface area contributed by atoms with E-state index < -0.39 is 0 Å². The molecule has 28 heavy (non-hydrogen) atoms. The van der Waals surface area contributed by atoms with E-state index in [0.29, 0.717) is 24.4 Å². The van der Waals surface area contributed by atoms with Crippen molar-refractivity contribution in [1.29, 1.82) is 0 Å². The van der Waals surface area contributed by atoms with Crippen LogP contribution >= 0.6 is 0 Å². The van der Waals surface area contributed by atoms with Gasteiger partial charge in [0.2, 0.25) is 11.8 Å². The van der Waals surface area contributed by atoms with E-state index in [2.05, 4.69) is 22.5 Å². The number of hydrogen-bond acceptors (Lipinski definition) is 4. The highest BCUT2D eigenvalue weighted by Gasteiger charge is 2.04. The fraction of sp³-hybridized carbons (Fsp3) is 0.273. The van der Waals surface area contributed by atoms with Crippen molar-refractivity contribution in [3.05, 3.63) is 60.7 Å². The second kappa shape index (κ2) is 10.8. The van der Waals surface area contributed by atoms with Gasteiger partial charge in [0, 0.05) is 23.5 Å². The summed E-state index contributed by atoms with van der Waals surface area (Å²) in [4.78, 5) is 23.7. The summed E-state index contributed by atoms with van der Waals surface area (Å²) in [7, 11) is 0. The first-order chi connectivity index (χ1) is 13.5. The van der Waals surface area contributed by atoms with Crippen molar-refractivity contribution >= 4 is 28.9 Å². The average molecular weight is 381 g/mol. The summed E-state index contributed by atoms with van der Waals surface area (Å²) in [5.41, 5.74) is 3.16. The van der Waals surface area contributed by atoms with E-state index in [4.69, 9.17) is 4.74 Å². The van der Waals surface area contributed by atoms with Gasteiger partial charge < -0.3 is 20.7 Å². The summed E-state index contributed by atoms with van der Waals surface area (Å²) in [6.45, 7) is 8.28. The molecule has 0 saturated heterocycles. The fourth-order valence-corrected chi connectivity index (χ4v) is 2.35. The Labute approximate surface area is 166 Å². The quantitative estimate of drug-likeness (QED) is 0.532. The van der Waals surface area contributed by atoms with E-state index in [9.17, 15) is 9.59 Å². The molecule has 0 atom stereocenters. The molecular weight excluding hydrogens is 354 g/mol. The van der Waals surface area contributed by atoms with Gasteiger partial charge in [-0.2, -0.15) is 0 Å². The van der Waals surface area contributed by atoms with Crippen LogP contribution < -0.4 is 20.7 Å². The van der Waals surface area contributed by atoms with Crippen LogP contribution in [0.15, 0.2) is 60.7 Å². The Morgan fingerprint density at radius 1 is 0.893 bits per heavy atom. The minimum atomic E-state index is -0.162. The highest BCUT2D eigenvalue weighted by Crippen LogP contribution is 2.17. The predicted octanol–water partition coefficient (Wildman–Crippen LogP) is 4.43. The molecule has 2 aromatic carbocycles. The van der Waals surface area contributed by atoms with Crippen molar-refractivity contribution in [1.82, 2.24) is 0 Å². The Balaban J connectivity index is 1.77. The Hall–Kier alpha value is -3.28. The lowest BCUT2D eigenvalue weighted by Gasteiger charge is -2.10. The van der Waals surface area contributed by atoms with Crippen molar-refractivity contribution in [2.75, 3.05) is 29.1 Å². The topological polar surface area (TPSA) is 79.5 Å². The largest absolute Gasteiger partial charge is 0.489 e. The lowest BCUT2D eigenvalue weighted by Crippen LogP contribution is -2.21. The SMILES string of the molecule is C=C(C)COc1ccc(NCC(=O)Nc2ccc(NC(=O)CCC)cc2)cc1. The minimum absolute atomic E-state index is 0.0143. The Morgan fingerprint density at radius 2 is 1.43 bits per heavy atom. The summed E-state index contributed by atoms with van der Waals surface area (Å²) >= 11 is 0. The number of anilines is 3. The third kappa shape index (κ3) is 7.53. The number of amides is 2. The van der Waals surface area contributed by atoms with Crippen LogP contribution in [0.5, 0.6) is 5.75 Å². The molecule has 2 rings (SSSR count). The van der Waals surface area contributed by atoms with E-state index in [1.807, 2.05) is 38.1 Å². The van der Waals surface area contributed by atoms with E-state index in [1.54, 1.807) is 24.3 Å². The molecule has 0 fully saturated rings. The van der Waals surface area contributed by atoms with E-state index in [0.717, 1.165) is 23.4 Å². The predicted molar refractivity (Wildman–Crippen MR) is 114 cm³/mol. The summed E-state index contributed by atoms with van der Waals surface area (Å²) in [6, 6.07) is 14.4. The van der Waals surface area contributed by atoms with Gasteiger partial charge in [-0.1, -0.05) is 13.5 Å². The summed E-state index contributed by atoms with van der Waals surface area (Å²) in [5, 5.41) is 8.69. The van der Waals surface area contributed by atoms with Crippen LogP contribution in [-0.4, -0.2) is 25.0 Å². The Bertz CT molecular complexity index is 799. The van der Waals surface area contributed by atoms with Crippen LogP contribution in [-0.2, 0) is 9.59 Å². The lowest BCUT2D eigenvalue weighted by molar-refractivity contribution is -0.116. The number of ether oxygens (including phenoxy) is 1. The van der Waals surface area contributed by atoms with Gasteiger partial charge in [0.15, 0.2) is 0 Å². The van der Waals surface area contributed by atoms with Gasteiger partial charge in [0.05, 0.1) is 6.54 Å². The second-order valence-electron chi connectivity index (χ2n) is 6.55. The van der Waals surface area contributed by atoms with Gasteiger partial charge in [0.25, 0.3) is 0 Å². The third-order valence-corrected chi connectivity index (χ3v) is 3.72. The number of carbonyl (C=O) groups excluding carboxylic acids is 2. The maximum absolute atomic E-state index is 12.1. The summed E-state index contributed by atoms with van der Waals surface area (Å²) < 4.78 is 5.54. The van der Waals surface area contributed by atoms with Gasteiger partial charge in [0.1, 0.15) is 12.4 Å². The Morgan fingerprint density at radius 3 is 1.96 bits per heavy atom. The molecule has 6 heteroatoms. The zero-order valence-electron chi connectivity index (χ0n) is 16.4. The first-order valence-electron chi connectivity index (χ1n) is 9.27. The molecule has 0 heterocycles. The molecule has 6 nitrogen and oxygen atoms in total. The molecule has 0 saturated carbocycles. The molecule has 2 amide bonds. The molecule has 2 aromatic rings. The van der Waals surface area contributed by atoms with Crippen LogP contribution in [0.3, 0.4) is 0 Å². The average Bonchev–Trinajstić information content (AvgIpc) is 2.67. The summed E-state index contributed by atoms with van der Waals surface area (Å²) in [6.07, 6.45) is 1.29. The van der Waals surface area contributed by atoms with Gasteiger partial charge in [-0.3, -0.25) is 9.59 Å². The van der Waals surface area contributed by atoms with E-state index in [1.165, 1.54) is 0 Å². The number of nitrogens with one attached hydrogen (secondary N) is 3. The number of carbonyl (C=O) groups is 2. The highest BCUT2D eigenvalue weighted by atomic mass is 16.5. The molecule has 0 aliphatic carbocycles. The van der Waals surface area contributed by atoms with Crippen molar-refractivity contribution in [3.8, 4) is 5.75 Å². The van der Waals surface area contributed by atoms with Crippen molar-refractivity contribution in [2.24, 2.45) is 0 Å². The number of benzene rings is 2. The van der Waals surface area contributed by atoms with Crippen LogP contribution in [0.25, 0.3) is 0 Å².